The number of esters is 3. The van der Waals surface area contributed by atoms with E-state index in [1.165, 1.54) is 0 Å². The van der Waals surface area contributed by atoms with E-state index in [4.69, 9.17) is 23.4 Å². The summed E-state index contributed by atoms with van der Waals surface area (Å²) >= 11 is 0. The Morgan fingerprint density at radius 3 is 1.26 bits per heavy atom. The molecule has 0 amide bonds. The van der Waals surface area contributed by atoms with Crippen LogP contribution in [0.15, 0.2) is 152 Å². The van der Waals surface area contributed by atoms with Gasteiger partial charge < -0.3 is 28.5 Å². The average Bonchev–Trinajstić information content (AvgIpc) is 3.18. The van der Waals surface area contributed by atoms with E-state index in [2.05, 4.69) is 20.8 Å². The van der Waals surface area contributed by atoms with Crippen molar-refractivity contribution in [2.45, 2.75) is 56.5 Å². The number of benzene rings is 5. The van der Waals surface area contributed by atoms with Gasteiger partial charge in [-0.2, -0.15) is 0 Å². The molecule has 0 bridgehead atoms. The van der Waals surface area contributed by atoms with Gasteiger partial charge in [-0.1, -0.05) is 136 Å². The van der Waals surface area contributed by atoms with Gasteiger partial charge in [-0.3, -0.25) is 0 Å². The average molecular weight is 731 g/mol. The summed E-state index contributed by atoms with van der Waals surface area (Å²) < 4.78 is 31.4. The van der Waals surface area contributed by atoms with Gasteiger partial charge in [0.1, 0.15) is 6.10 Å². The highest BCUT2D eigenvalue weighted by Crippen LogP contribution is 2.38. The standard InChI is InChI=1S/C43H42O9Si/c1-43(2,3)53(33-25-15-7-16-26-33,34-27-17-8-18-28-34)48-29-35-36(50-39(44)30-19-9-4-10-20-30)37(51-40(45)31-21-11-5-12-22-31)38(42(47)49-35)52-41(46)32-23-13-6-14-24-32/h4-28,35-38,42,47H,29H2,1-3H3/t35?,36-,37?,38?,42-/m1/s1. The molecule has 272 valence electrons. The van der Waals surface area contributed by atoms with Crippen molar-refractivity contribution in [3.05, 3.63) is 168 Å². The van der Waals surface area contributed by atoms with Crippen LogP contribution in [-0.4, -0.2) is 68.6 Å². The molecule has 1 fully saturated rings. The third-order valence-electron chi connectivity index (χ3n) is 9.25. The summed E-state index contributed by atoms with van der Waals surface area (Å²) in [5.41, 5.74) is 0.633. The van der Waals surface area contributed by atoms with Gasteiger partial charge in [0, 0.05) is 0 Å². The van der Waals surface area contributed by atoms with Crippen LogP contribution >= 0.6 is 0 Å². The molecule has 0 radical (unpaired) electrons. The molecule has 10 heteroatoms. The van der Waals surface area contributed by atoms with Crippen LogP contribution in [0.5, 0.6) is 0 Å². The van der Waals surface area contributed by atoms with Gasteiger partial charge in [0.05, 0.1) is 23.3 Å². The lowest BCUT2D eigenvalue weighted by molar-refractivity contribution is -0.283. The fraction of sp³-hybridized carbons (Fsp3) is 0.233. The molecular formula is C43H42O9Si. The molecule has 53 heavy (non-hydrogen) atoms. The number of hydrogen-bond acceptors (Lipinski definition) is 9. The van der Waals surface area contributed by atoms with Crippen molar-refractivity contribution in [3.8, 4) is 0 Å². The number of aliphatic hydroxyl groups is 1. The maximum Gasteiger partial charge on any atom is 0.338 e. The molecule has 5 aromatic rings. The predicted octanol–water partition coefficient (Wildman–Crippen LogP) is 5.96. The molecule has 1 heterocycles. The molecule has 0 aromatic heterocycles. The van der Waals surface area contributed by atoms with Gasteiger partial charge in [-0.05, 0) is 51.8 Å². The molecule has 5 atom stereocenters. The lowest BCUT2D eigenvalue weighted by Gasteiger charge is -2.46. The molecule has 1 saturated heterocycles. The largest absolute Gasteiger partial charge is 0.452 e. The van der Waals surface area contributed by atoms with Crippen molar-refractivity contribution in [1.82, 2.24) is 0 Å². The number of aliphatic hydroxyl groups excluding tert-OH is 1. The lowest BCUT2D eigenvalue weighted by Crippen LogP contribution is -2.68. The molecule has 0 saturated carbocycles. The zero-order chi connectivity index (χ0) is 37.4. The first-order valence-electron chi connectivity index (χ1n) is 17.4. The monoisotopic (exact) mass is 730 g/mol. The molecule has 0 aliphatic carbocycles. The van der Waals surface area contributed by atoms with E-state index in [1.54, 1.807) is 91.0 Å². The maximum atomic E-state index is 13.8. The Balaban J connectivity index is 1.43. The zero-order valence-corrected chi connectivity index (χ0v) is 30.7. The zero-order valence-electron chi connectivity index (χ0n) is 29.7. The Hall–Kier alpha value is -5.39. The summed E-state index contributed by atoms with van der Waals surface area (Å²) in [6.45, 7) is 6.17. The highest BCUT2D eigenvalue weighted by Gasteiger charge is 2.55. The van der Waals surface area contributed by atoms with Gasteiger partial charge in [-0.25, -0.2) is 14.4 Å². The first-order valence-corrected chi connectivity index (χ1v) is 19.4. The summed E-state index contributed by atoms with van der Waals surface area (Å²) in [6, 6.07) is 44.6. The number of rotatable bonds is 11. The van der Waals surface area contributed by atoms with E-state index in [-0.39, 0.29) is 23.3 Å². The van der Waals surface area contributed by atoms with Crippen molar-refractivity contribution >= 4 is 36.6 Å². The van der Waals surface area contributed by atoms with Crippen LogP contribution in [0, 0.1) is 0 Å². The maximum absolute atomic E-state index is 13.8. The van der Waals surface area contributed by atoms with Gasteiger partial charge in [-0.15, -0.1) is 0 Å². The molecule has 9 nitrogen and oxygen atoms in total. The number of hydrogen-bond donors (Lipinski definition) is 1. The van der Waals surface area contributed by atoms with Gasteiger partial charge in [0.2, 0.25) is 0 Å². The van der Waals surface area contributed by atoms with E-state index in [1.807, 2.05) is 60.7 Å². The van der Waals surface area contributed by atoms with E-state index >= 15 is 0 Å². The van der Waals surface area contributed by atoms with Gasteiger partial charge in [0.25, 0.3) is 8.32 Å². The van der Waals surface area contributed by atoms with Crippen molar-refractivity contribution in [2.24, 2.45) is 0 Å². The molecule has 6 rings (SSSR count). The lowest BCUT2D eigenvalue weighted by atomic mass is 9.98. The summed E-state index contributed by atoms with van der Waals surface area (Å²) in [5, 5.41) is 13.2. The van der Waals surface area contributed by atoms with Crippen LogP contribution in [0.1, 0.15) is 51.8 Å². The Kier molecular flexibility index (Phi) is 11.6. The highest BCUT2D eigenvalue weighted by atomic mass is 28.4. The Morgan fingerprint density at radius 2 is 0.887 bits per heavy atom. The molecule has 1 aliphatic rings. The minimum atomic E-state index is -3.18. The van der Waals surface area contributed by atoms with E-state index < -0.39 is 62.0 Å². The Bertz CT molecular complexity index is 1910. The third-order valence-corrected chi connectivity index (χ3v) is 14.3. The molecule has 5 aromatic carbocycles. The van der Waals surface area contributed by atoms with Crippen molar-refractivity contribution in [3.63, 3.8) is 0 Å². The van der Waals surface area contributed by atoms with Crippen molar-refractivity contribution < 1.29 is 42.9 Å². The second-order valence-corrected chi connectivity index (χ2v) is 18.1. The predicted molar refractivity (Wildman–Crippen MR) is 201 cm³/mol. The van der Waals surface area contributed by atoms with E-state index in [0.717, 1.165) is 10.4 Å². The molecule has 3 unspecified atom stereocenters. The fourth-order valence-corrected chi connectivity index (χ4v) is 11.3. The van der Waals surface area contributed by atoms with Crippen LogP contribution in [0.2, 0.25) is 5.04 Å². The fourth-order valence-electron chi connectivity index (χ4n) is 6.70. The minimum absolute atomic E-state index is 0.185. The minimum Gasteiger partial charge on any atom is -0.452 e. The second kappa shape index (κ2) is 16.5. The molecular weight excluding hydrogens is 689 g/mol. The molecule has 0 spiro atoms. The van der Waals surface area contributed by atoms with Crippen LogP contribution < -0.4 is 10.4 Å². The van der Waals surface area contributed by atoms with Gasteiger partial charge >= 0.3 is 17.9 Å². The van der Waals surface area contributed by atoms with Crippen LogP contribution in [0.25, 0.3) is 0 Å². The molecule has 1 aliphatic heterocycles. The number of ether oxygens (including phenoxy) is 4. The SMILES string of the molecule is CC(C)(C)[Si](OCC1O[C@@H](O)C(OC(=O)c2ccccc2)C(OC(=O)c2ccccc2)[C@@H]1OC(=O)c1ccccc1)(c1ccccc1)c1ccccc1. The van der Waals surface area contributed by atoms with Crippen LogP contribution in [-0.2, 0) is 23.4 Å². The van der Waals surface area contributed by atoms with E-state index in [0.29, 0.717) is 0 Å². The summed E-state index contributed by atoms with van der Waals surface area (Å²) in [6.07, 6.45) is -7.48. The highest BCUT2D eigenvalue weighted by molar-refractivity contribution is 6.99. The van der Waals surface area contributed by atoms with Crippen LogP contribution in [0.4, 0.5) is 0 Å². The molecule has 1 N–H and O–H groups in total. The third kappa shape index (κ3) is 8.32. The number of carbonyl (C=O) groups is 3. The van der Waals surface area contributed by atoms with Crippen LogP contribution in [0.3, 0.4) is 0 Å². The number of carbonyl (C=O) groups excluding carboxylic acids is 3. The smallest absolute Gasteiger partial charge is 0.338 e. The summed E-state index contributed by atoms with van der Waals surface area (Å²) in [4.78, 5) is 40.9. The quantitative estimate of drug-likeness (QED) is 0.0999. The summed E-state index contributed by atoms with van der Waals surface area (Å²) in [7, 11) is -3.18. The normalized spacial score (nSPS) is 20.2. The van der Waals surface area contributed by atoms with Gasteiger partial charge in [0.15, 0.2) is 24.6 Å². The first kappa shape index (κ1) is 37.4. The van der Waals surface area contributed by atoms with Crippen molar-refractivity contribution in [2.75, 3.05) is 6.61 Å². The Morgan fingerprint density at radius 1 is 0.547 bits per heavy atom. The summed E-state index contributed by atoms with van der Waals surface area (Å²) in [5.74, 6) is -2.31. The van der Waals surface area contributed by atoms with Crippen molar-refractivity contribution in [1.29, 1.82) is 0 Å². The Labute approximate surface area is 310 Å². The van der Waals surface area contributed by atoms with E-state index in [9.17, 15) is 19.5 Å². The topological polar surface area (TPSA) is 118 Å². The first-order chi connectivity index (χ1) is 25.6. The second-order valence-electron chi connectivity index (χ2n) is 13.7.